The van der Waals surface area contributed by atoms with Crippen molar-refractivity contribution in [2.24, 2.45) is 0 Å². The number of amides is 1. The molecule has 0 aliphatic carbocycles. The highest BCUT2D eigenvalue weighted by molar-refractivity contribution is 9.10. The molecule has 1 aliphatic heterocycles. The molecule has 0 bridgehead atoms. The van der Waals surface area contributed by atoms with Gasteiger partial charge < -0.3 is 9.64 Å². The first-order valence-electron chi connectivity index (χ1n) is 7.45. The molecule has 0 spiro atoms. The van der Waals surface area contributed by atoms with Gasteiger partial charge in [0.1, 0.15) is 6.61 Å². The maximum Gasteiger partial charge on any atom is 0.410 e. The van der Waals surface area contributed by atoms with Crippen LogP contribution in [0.5, 0.6) is 0 Å². The van der Waals surface area contributed by atoms with E-state index in [2.05, 4.69) is 28.1 Å². The Hall–Kier alpha value is -1.81. The van der Waals surface area contributed by atoms with Gasteiger partial charge in [-0.15, -0.1) is 0 Å². The minimum atomic E-state index is -0.236. The van der Waals surface area contributed by atoms with E-state index in [1.165, 1.54) is 11.1 Å². The average Bonchev–Trinajstić information content (AvgIpc) is 2.75. The summed E-state index contributed by atoms with van der Waals surface area (Å²) < 4.78 is 6.53. The van der Waals surface area contributed by atoms with Gasteiger partial charge in [0.2, 0.25) is 0 Å². The molecule has 0 N–H and O–H groups in total. The molecule has 114 valence electrons. The molecular formula is C18H18BrNO2. The molecule has 2 aromatic carbocycles. The summed E-state index contributed by atoms with van der Waals surface area (Å²) in [5.74, 6) is 0. The quantitative estimate of drug-likeness (QED) is 0.787. The number of rotatable bonds is 2. The molecule has 0 unspecified atom stereocenters. The normalized spacial score (nSPS) is 14.1. The number of carbonyl (C=O) groups excluding carboxylic acids is 1. The van der Waals surface area contributed by atoms with Crippen molar-refractivity contribution in [3.63, 3.8) is 0 Å². The zero-order valence-corrected chi connectivity index (χ0v) is 13.9. The molecule has 0 atom stereocenters. The van der Waals surface area contributed by atoms with Crippen LogP contribution in [0.3, 0.4) is 0 Å². The van der Waals surface area contributed by atoms with Crippen LogP contribution in [0.2, 0.25) is 0 Å². The van der Waals surface area contributed by atoms with Gasteiger partial charge in [0.05, 0.1) is 0 Å². The number of hydrogen-bond donors (Lipinski definition) is 0. The van der Waals surface area contributed by atoms with Gasteiger partial charge in [0.25, 0.3) is 0 Å². The summed E-state index contributed by atoms with van der Waals surface area (Å²) >= 11 is 3.51. The van der Waals surface area contributed by atoms with Crippen molar-refractivity contribution < 1.29 is 9.53 Å². The van der Waals surface area contributed by atoms with Crippen LogP contribution < -0.4 is 0 Å². The first-order valence-corrected chi connectivity index (χ1v) is 8.24. The molecule has 0 fully saturated rings. The lowest BCUT2D eigenvalue weighted by Gasteiger charge is -2.20. The zero-order valence-electron chi connectivity index (χ0n) is 12.3. The van der Waals surface area contributed by atoms with E-state index in [0.717, 1.165) is 29.4 Å². The highest BCUT2D eigenvalue weighted by atomic mass is 79.9. The molecule has 22 heavy (non-hydrogen) atoms. The van der Waals surface area contributed by atoms with Crippen molar-refractivity contribution in [2.75, 3.05) is 6.54 Å². The van der Waals surface area contributed by atoms with E-state index < -0.39 is 0 Å². The Morgan fingerprint density at radius 3 is 2.77 bits per heavy atom. The van der Waals surface area contributed by atoms with Gasteiger partial charge in [0.15, 0.2) is 0 Å². The van der Waals surface area contributed by atoms with Crippen molar-refractivity contribution in [3.05, 3.63) is 69.7 Å². The van der Waals surface area contributed by atoms with E-state index in [1.807, 2.05) is 36.4 Å². The number of nitrogens with zero attached hydrogens (tertiary/aromatic N) is 1. The fraction of sp³-hybridized carbons (Fsp3) is 0.278. The molecule has 3 rings (SSSR count). The summed E-state index contributed by atoms with van der Waals surface area (Å²) in [7, 11) is 0. The van der Waals surface area contributed by atoms with Gasteiger partial charge in [-0.05, 0) is 41.7 Å². The number of ether oxygens (including phenoxy) is 1. The second-order valence-electron chi connectivity index (χ2n) is 5.48. The summed E-state index contributed by atoms with van der Waals surface area (Å²) in [6.45, 7) is 1.68. The van der Waals surface area contributed by atoms with Crippen LogP contribution in [0.25, 0.3) is 0 Å². The Labute approximate surface area is 139 Å². The Bertz CT molecular complexity index is 657. The lowest BCUT2D eigenvalue weighted by atomic mass is 10.0. The van der Waals surface area contributed by atoms with Crippen LogP contribution in [0.15, 0.2) is 53.0 Å². The highest BCUT2D eigenvalue weighted by Crippen LogP contribution is 2.23. The molecule has 2 aromatic rings. The molecule has 1 aliphatic rings. The molecule has 0 aromatic heterocycles. The molecular weight excluding hydrogens is 342 g/mol. The predicted molar refractivity (Wildman–Crippen MR) is 89.5 cm³/mol. The van der Waals surface area contributed by atoms with Crippen molar-refractivity contribution in [2.45, 2.75) is 26.0 Å². The van der Waals surface area contributed by atoms with E-state index >= 15 is 0 Å². The number of fused-ring (bicyclic) bond motifs is 1. The topological polar surface area (TPSA) is 29.5 Å². The zero-order chi connectivity index (χ0) is 15.4. The second-order valence-corrected chi connectivity index (χ2v) is 6.39. The minimum absolute atomic E-state index is 0.236. The van der Waals surface area contributed by atoms with Gasteiger partial charge in [-0.25, -0.2) is 4.79 Å². The minimum Gasteiger partial charge on any atom is -0.445 e. The van der Waals surface area contributed by atoms with E-state index in [4.69, 9.17) is 4.74 Å². The van der Waals surface area contributed by atoms with E-state index in [-0.39, 0.29) is 6.09 Å². The number of carbonyl (C=O) groups is 1. The first kappa shape index (κ1) is 15.1. The summed E-state index contributed by atoms with van der Waals surface area (Å²) in [6, 6.07) is 16.0. The van der Waals surface area contributed by atoms with Crippen LogP contribution in [-0.4, -0.2) is 17.5 Å². The van der Waals surface area contributed by atoms with Crippen molar-refractivity contribution >= 4 is 22.0 Å². The van der Waals surface area contributed by atoms with Crippen LogP contribution in [0.4, 0.5) is 4.79 Å². The summed E-state index contributed by atoms with van der Waals surface area (Å²) in [5, 5.41) is 0. The van der Waals surface area contributed by atoms with Gasteiger partial charge >= 0.3 is 6.09 Å². The molecule has 0 saturated carbocycles. The Morgan fingerprint density at radius 1 is 1.14 bits per heavy atom. The van der Waals surface area contributed by atoms with Crippen LogP contribution in [0, 0.1) is 0 Å². The maximum atomic E-state index is 12.3. The number of benzene rings is 2. The lowest BCUT2D eigenvalue weighted by Crippen LogP contribution is -2.31. The average molecular weight is 360 g/mol. The number of halogens is 1. The van der Waals surface area contributed by atoms with Gasteiger partial charge in [0, 0.05) is 17.6 Å². The molecule has 0 radical (unpaired) electrons. The smallest absolute Gasteiger partial charge is 0.410 e. The lowest BCUT2D eigenvalue weighted by molar-refractivity contribution is 0.0942. The van der Waals surface area contributed by atoms with Crippen molar-refractivity contribution in [1.82, 2.24) is 4.90 Å². The van der Waals surface area contributed by atoms with Gasteiger partial charge in [-0.2, -0.15) is 0 Å². The van der Waals surface area contributed by atoms with Crippen molar-refractivity contribution in [3.8, 4) is 0 Å². The third kappa shape index (κ3) is 3.69. The SMILES string of the molecule is O=C(OCc1ccccc1)N1CCCc2cc(Br)ccc2C1. The standard InChI is InChI=1S/C18H18BrNO2/c19-17-9-8-16-12-20(10-4-7-15(16)11-17)18(21)22-13-14-5-2-1-3-6-14/h1-3,5-6,8-9,11H,4,7,10,12-13H2. The molecule has 1 amide bonds. The van der Waals surface area contributed by atoms with E-state index in [1.54, 1.807) is 4.90 Å². The van der Waals surface area contributed by atoms with Crippen LogP contribution in [0.1, 0.15) is 23.1 Å². The maximum absolute atomic E-state index is 12.3. The Morgan fingerprint density at radius 2 is 1.95 bits per heavy atom. The fourth-order valence-electron chi connectivity index (χ4n) is 2.69. The first-order chi connectivity index (χ1) is 10.7. The monoisotopic (exact) mass is 359 g/mol. The largest absolute Gasteiger partial charge is 0.445 e. The Kier molecular flexibility index (Phi) is 4.78. The highest BCUT2D eigenvalue weighted by Gasteiger charge is 2.20. The third-order valence-electron chi connectivity index (χ3n) is 3.87. The fourth-order valence-corrected chi connectivity index (χ4v) is 3.10. The van der Waals surface area contributed by atoms with Crippen LogP contribution in [-0.2, 0) is 24.3 Å². The molecule has 1 heterocycles. The molecule has 3 nitrogen and oxygen atoms in total. The van der Waals surface area contributed by atoms with Crippen LogP contribution >= 0.6 is 15.9 Å². The number of aryl methyl sites for hydroxylation is 1. The third-order valence-corrected chi connectivity index (χ3v) is 4.36. The molecule has 0 saturated heterocycles. The summed E-state index contributed by atoms with van der Waals surface area (Å²) in [4.78, 5) is 14.1. The molecule has 4 heteroatoms. The second kappa shape index (κ2) is 6.97. The van der Waals surface area contributed by atoms with E-state index in [0.29, 0.717) is 13.2 Å². The predicted octanol–water partition coefficient (Wildman–Crippen LogP) is 4.53. The van der Waals surface area contributed by atoms with E-state index in [9.17, 15) is 4.79 Å². The van der Waals surface area contributed by atoms with Gasteiger partial charge in [-0.1, -0.05) is 52.3 Å². The summed E-state index contributed by atoms with van der Waals surface area (Å²) in [6.07, 6.45) is 1.72. The Balaban J connectivity index is 1.64. The van der Waals surface area contributed by atoms with Gasteiger partial charge in [-0.3, -0.25) is 0 Å². The van der Waals surface area contributed by atoms with Crippen molar-refractivity contribution in [1.29, 1.82) is 0 Å². The number of hydrogen-bond acceptors (Lipinski definition) is 2. The summed E-state index contributed by atoms with van der Waals surface area (Å²) in [5.41, 5.74) is 3.53.